The number of nitrogens with one attached hydrogen (secondary N) is 1. The molecule has 0 aromatic heterocycles. The summed E-state index contributed by atoms with van der Waals surface area (Å²) in [5.74, 6) is 0. The molecule has 1 rings (SSSR count). The summed E-state index contributed by atoms with van der Waals surface area (Å²) < 4.78 is 0. The normalized spacial score (nSPS) is 11.3. The summed E-state index contributed by atoms with van der Waals surface area (Å²) >= 11 is 5.85. The van der Waals surface area contributed by atoms with Gasteiger partial charge in [-0.05, 0) is 25.0 Å². The zero-order valence-corrected chi connectivity index (χ0v) is 11.3. The number of rotatable bonds is 6. The molecule has 0 heterocycles. The maximum atomic E-state index is 10.9. The molecule has 1 aromatic rings. The molecule has 0 saturated carbocycles. The van der Waals surface area contributed by atoms with Gasteiger partial charge < -0.3 is 11.1 Å². The van der Waals surface area contributed by atoms with Crippen molar-refractivity contribution in [1.82, 2.24) is 0 Å². The Hall–Kier alpha value is -1.33. The van der Waals surface area contributed by atoms with Gasteiger partial charge in [-0.15, -0.1) is 0 Å². The molecule has 0 aliphatic rings. The van der Waals surface area contributed by atoms with E-state index >= 15 is 0 Å². The van der Waals surface area contributed by atoms with E-state index in [-0.39, 0.29) is 11.2 Å². The van der Waals surface area contributed by atoms with E-state index in [1.165, 1.54) is 12.1 Å². The van der Waals surface area contributed by atoms with Gasteiger partial charge in [0.2, 0.25) is 0 Å². The third-order valence-electron chi connectivity index (χ3n) is 3.19. The molecular weight excluding hydrogens is 254 g/mol. The van der Waals surface area contributed by atoms with Gasteiger partial charge in [-0.25, -0.2) is 0 Å². The summed E-state index contributed by atoms with van der Waals surface area (Å²) in [7, 11) is 0. The number of halogens is 1. The molecule has 100 valence electrons. The minimum Gasteiger partial charge on any atom is -0.378 e. The lowest BCUT2D eigenvalue weighted by Crippen LogP contribution is -2.45. The number of nitro groups is 1. The highest BCUT2D eigenvalue weighted by atomic mass is 35.5. The van der Waals surface area contributed by atoms with Crippen LogP contribution in [0.1, 0.15) is 26.7 Å². The van der Waals surface area contributed by atoms with Crippen LogP contribution in [0.25, 0.3) is 0 Å². The van der Waals surface area contributed by atoms with Crippen LogP contribution in [-0.2, 0) is 0 Å². The van der Waals surface area contributed by atoms with Crippen molar-refractivity contribution >= 4 is 23.0 Å². The number of hydrogen-bond donors (Lipinski definition) is 2. The third kappa shape index (κ3) is 3.58. The van der Waals surface area contributed by atoms with E-state index in [2.05, 4.69) is 5.32 Å². The number of nitro benzene ring substituents is 1. The first-order valence-corrected chi connectivity index (χ1v) is 6.26. The molecule has 0 aliphatic heterocycles. The predicted octanol–water partition coefficient (Wildman–Crippen LogP) is 3.18. The van der Waals surface area contributed by atoms with Crippen LogP contribution in [0.3, 0.4) is 0 Å². The van der Waals surface area contributed by atoms with Crippen molar-refractivity contribution in [3.05, 3.63) is 33.3 Å². The fourth-order valence-electron chi connectivity index (χ4n) is 1.58. The molecule has 0 atom stereocenters. The van der Waals surface area contributed by atoms with Crippen molar-refractivity contribution in [2.24, 2.45) is 5.73 Å². The molecule has 5 nitrogen and oxygen atoms in total. The maximum Gasteiger partial charge on any atom is 0.292 e. The van der Waals surface area contributed by atoms with Crippen molar-refractivity contribution in [2.75, 3.05) is 11.9 Å². The fourth-order valence-corrected chi connectivity index (χ4v) is 1.75. The Morgan fingerprint density at radius 1 is 1.44 bits per heavy atom. The van der Waals surface area contributed by atoms with Gasteiger partial charge in [-0.3, -0.25) is 10.1 Å². The molecule has 0 bridgehead atoms. The number of nitrogens with zero attached hydrogens (tertiary/aromatic N) is 1. The highest BCUT2D eigenvalue weighted by Crippen LogP contribution is 2.28. The second-order valence-corrected chi connectivity index (χ2v) is 4.78. The summed E-state index contributed by atoms with van der Waals surface area (Å²) in [5, 5.41) is 14.4. The Morgan fingerprint density at radius 3 is 2.56 bits per heavy atom. The van der Waals surface area contributed by atoms with Gasteiger partial charge in [0.1, 0.15) is 5.69 Å². The van der Waals surface area contributed by atoms with Gasteiger partial charge in [0.25, 0.3) is 5.69 Å². The van der Waals surface area contributed by atoms with Gasteiger partial charge in [-0.2, -0.15) is 0 Å². The lowest BCUT2D eigenvalue weighted by Gasteiger charge is -2.27. The molecule has 18 heavy (non-hydrogen) atoms. The van der Waals surface area contributed by atoms with Crippen LogP contribution >= 0.6 is 11.6 Å². The van der Waals surface area contributed by atoms with Gasteiger partial charge in [0, 0.05) is 23.2 Å². The Morgan fingerprint density at radius 2 is 2.06 bits per heavy atom. The molecular formula is C12H18ClN3O2. The van der Waals surface area contributed by atoms with Crippen LogP contribution in [0, 0.1) is 10.1 Å². The van der Waals surface area contributed by atoms with Gasteiger partial charge in [0.15, 0.2) is 0 Å². The molecule has 0 amide bonds. The van der Waals surface area contributed by atoms with E-state index < -0.39 is 4.92 Å². The third-order valence-corrected chi connectivity index (χ3v) is 3.43. The SMILES string of the molecule is CCC(N)(CC)CNc1cc(Cl)ccc1[N+](=O)[O-]. The highest BCUT2D eigenvalue weighted by Gasteiger charge is 2.22. The van der Waals surface area contributed by atoms with E-state index in [0.717, 1.165) is 12.8 Å². The Labute approximate surface area is 111 Å². The van der Waals surface area contributed by atoms with Crippen LogP contribution in [-0.4, -0.2) is 17.0 Å². The number of hydrogen-bond acceptors (Lipinski definition) is 4. The van der Waals surface area contributed by atoms with E-state index in [9.17, 15) is 10.1 Å². The van der Waals surface area contributed by atoms with Crippen molar-refractivity contribution in [3.63, 3.8) is 0 Å². The van der Waals surface area contributed by atoms with Crippen molar-refractivity contribution in [2.45, 2.75) is 32.2 Å². The van der Waals surface area contributed by atoms with Gasteiger partial charge >= 0.3 is 0 Å². The molecule has 0 spiro atoms. The Balaban J connectivity index is 2.90. The lowest BCUT2D eigenvalue weighted by atomic mass is 9.94. The van der Waals surface area contributed by atoms with E-state index in [1.807, 2.05) is 13.8 Å². The summed E-state index contributed by atoms with van der Waals surface area (Å²) in [6.07, 6.45) is 1.59. The minimum absolute atomic E-state index is 0.00829. The van der Waals surface area contributed by atoms with E-state index in [4.69, 9.17) is 17.3 Å². The number of anilines is 1. The topological polar surface area (TPSA) is 81.2 Å². The molecule has 0 saturated heterocycles. The van der Waals surface area contributed by atoms with E-state index in [0.29, 0.717) is 17.3 Å². The fraction of sp³-hybridized carbons (Fsp3) is 0.500. The van der Waals surface area contributed by atoms with Gasteiger partial charge in [0.05, 0.1) is 4.92 Å². The monoisotopic (exact) mass is 271 g/mol. The molecule has 3 N–H and O–H groups in total. The second kappa shape index (κ2) is 6.02. The predicted molar refractivity (Wildman–Crippen MR) is 74.1 cm³/mol. The average molecular weight is 272 g/mol. The molecule has 1 aromatic carbocycles. The van der Waals surface area contributed by atoms with Crippen molar-refractivity contribution in [3.8, 4) is 0 Å². The Kier molecular flexibility index (Phi) is 4.93. The molecule has 0 fully saturated rings. The quantitative estimate of drug-likeness (QED) is 0.615. The number of benzene rings is 1. The van der Waals surface area contributed by atoms with Crippen LogP contribution in [0.4, 0.5) is 11.4 Å². The van der Waals surface area contributed by atoms with Crippen molar-refractivity contribution in [1.29, 1.82) is 0 Å². The van der Waals surface area contributed by atoms with Crippen LogP contribution in [0.2, 0.25) is 5.02 Å². The Bertz CT molecular complexity index is 433. The summed E-state index contributed by atoms with van der Waals surface area (Å²) in [6, 6.07) is 4.44. The molecule has 0 aliphatic carbocycles. The first kappa shape index (κ1) is 14.7. The summed E-state index contributed by atoms with van der Waals surface area (Å²) in [4.78, 5) is 10.5. The number of nitrogens with two attached hydrogens (primary N) is 1. The first-order valence-electron chi connectivity index (χ1n) is 5.88. The largest absolute Gasteiger partial charge is 0.378 e. The molecule has 6 heteroatoms. The second-order valence-electron chi connectivity index (χ2n) is 4.34. The van der Waals surface area contributed by atoms with Crippen LogP contribution in [0.15, 0.2) is 18.2 Å². The van der Waals surface area contributed by atoms with E-state index in [1.54, 1.807) is 6.07 Å². The lowest BCUT2D eigenvalue weighted by molar-refractivity contribution is -0.384. The van der Waals surface area contributed by atoms with Crippen molar-refractivity contribution < 1.29 is 4.92 Å². The zero-order valence-electron chi connectivity index (χ0n) is 10.6. The first-order chi connectivity index (χ1) is 8.41. The minimum atomic E-state index is -0.436. The molecule has 0 radical (unpaired) electrons. The van der Waals surface area contributed by atoms with Crippen LogP contribution < -0.4 is 11.1 Å². The average Bonchev–Trinajstić information content (AvgIpc) is 2.35. The highest BCUT2D eigenvalue weighted by molar-refractivity contribution is 6.31. The standard InChI is InChI=1S/C12H18ClN3O2/c1-3-12(14,4-2)8-15-10-7-9(13)5-6-11(10)16(17)18/h5-7,15H,3-4,8,14H2,1-2H3. The summed E-state index contributed by atoms with van der Waals surface area (Å²) in [6.45, 7) is 4.47. The zero-order chi connectivity index (χ0) is 13.8. The van der Waals surface area contributed by atoms with Gasteiger partial charge in [-0.1, -0.05) is 25.4 Å². The van der Waals surface area contributed by atoms with Crippen LogP contribution in [0.5, 0.6) is 0 Å². The smallest absolute Gasteiger partial charge is 0.292 e. The maximum absolute atomic E-state index is 10.9. The summed E-state index contributed by atoms with van der Waals surface area (Å²) in [5.41, 5.74) is 6.19. The molecule has 0 unspecified atom stereocenters.